The van der Waals surface area contributed by atoms with E-state index < -0.39 is 5.97 Å². The van der Waals surface area contributed by atoms with Crippen molar-refractivity contribution in [2.24, 2.45) is 0 Å². The Bertz CT molecular complexity index is 168. The lowest BCUT2D eigenvalue weighted by molar-refractivity contribution is -0.305. The summed E-state index contributed by atoms with van der Waals surface area (Å²) in [4.78, 5) is 21.0. The first-order chi connectivity index (χ1) is 6.16. The summed E-state index contributed by atoms with van der Waals surface area (Å²) >= 11 is 0. The van der Waals surface area contributed by atoms with Gasteiger partial charge in [-0.25, -0.2) is 0 Å². The molecule has 0 radical (unpaired) electrons. The molecular weight excluding hydrogens is 170 g/mol. The topological polar surface area (TPSA) is 69.2 Å². The van der Waals surface area contributed by atoms with Crippen LogP contribution in [-0.2, 0) is 9.59 Å². The van der Waals surface area contributed by atoms with Crippen molar-refractivity contribution in [1.29, 1.82) is 0 Å². The minimum absolute atomic E-state index is 0.0744. The fourth-order valence-electron chi connectivity index (χ4n) is 0.928. The Morgan fingerprint density at radius 2 is 1.92 bits per heavy atom. The Kier molecular flexibility index (Phi) is 6.96. The Labute approximate surface area is 78.3 Å². The monoisotopic (exact) mass is 186 g/mol. The van der Waals surface area contributed by atoms with E-state index in [-0.39, 0.29) is 18.9 Å². The van der Waals surface area contributed by atoms with Gasteiger partial charge in [0.1, 0.15) is 0 Å². The summed E-state index contributed by atoms with van der Waals surface area (Å²) in [6.07, 6.45) is 3.36. The van der Waals surface area contributed by atoms with Crippen molar-refractivity contribution >= 4 is 11.9 Å². The van der Waals surface area contributed by atoms with Crippen molar-refractivity contribution in [1.82, 2.24) is 5.32 Å². The number of carboxylic acid groups (broad SMARTS) is 1. The normalized spacial score (nSPS) is 9.62. The third-order valence-corrected chi connectivity index (χ3v) is 1.66. The van der Waals surface area contributed by atoms with Gasteiger partial charge >= 0.3 is 0 Å². The van der Waals surface area contributed by atoms with Crippen LogP contribution in [0.3, 0.4) is 0 Å². The van der Waals surface area contributed by atoms with Crippen molar-refractivity contribution in [3.8, 4) is 0 Å². The first-order valence-corrected chi connectivity index (χ1v) is 4.63. The molecule has 76 valence electrons. The summed E-state index contributed by atoms with van der Waals surface area (Å²) < 4.78 is 0. The molecule has 0 rings (SSSR count). The molecule has 1 N–H and O–H groups in total. The number of rotatable bonds is 7. The van der Waals surface area contributed by atoms with Crippen molar-refractivity contribution in [2.75, 3.05) is 6.54 Å². The number of nitrogens with one attached hydrogen (secondary N) is 1. The number of carboxylic acids is 1. The van der Waals surface area contributed by atoms with Crippen LogP contribution < -0.4 is 10.4 Å². The molecule has 13 heavy (non-hydrogen) atoms. The van der Waals surface area contributed by atoms with E-state index in [1.807, 2.05) is 0 Å². The third-order valence-electron chi connectivity index (χ3n) is 1.66. The zero-order valence-corrected chi connectivity index (χ0v) is 7.97. The summed E-state index contributed by atoms with van der Waals surface area (Å²) in [5, 5.41) is 12.5. The molecule has 4 heteroatoms. The van der Waals surface area contributed by atoms with Crippen LogP contribution >= 0.6 is 0 Å². The van der Waals surface area contributed by atoms with Gasteiger partial charge in [-0.05, 0) is 6.42 Å². The Morgan fingerprint density at radius 3 is 2.46 bits per heavy atom. The van der Waals surface area contributed by atoms with Gasteiger partial charge in [0.25, 0.3) is 0 Å². The van der Waals surface area contributed by atoms with Crippen molar-refractivity contribution in [2.45, 2.75) is 39.0 Å². The van der Waals surface area contributed by atoms with Gasteiger partial charge in [-0.15, -0.1) is 0 Å². The third kappa shape index (κ3) is 8.85. The number of unbranched alkanes of at least 4 members (excludes halogenated alkanes) is 2. The lowest BCUT2D eigenvalue weighted by Gasteiger charge is -2.04. The molecule has 0 aliphatic carbocycles. The Balaban J connectivity index is 3.25. The van der Waals surface area contributed by atoms with E-state index in [0.717, 1.165) is 19.3 Å². The predicted molar refractivity (Wildman–Crippen MR) is 46.8 cm³/mol. The predicted octanol–water partition coefficient (Wildman–Crippen LogP) is -0.177. The fraction of sp³-hybridized carbons (Fsp3) is 0.778. The van der Waals surface area contributed by atoms with Crippen molar-refractivity contribution in [3.63, 3.8) is 0 Å². The van der Waals surface area contributed by atoms with Gasteiger partial charge in [0.15, 0.2) is 0 Å². The van der Waals surface area contributed by atoms with Crippen LogP contribution in [0.1, 0.15) is 39.0 Å². The maximum Gasteiger partial charge on any atom is 0.220 e. The molecule has 1 amide bonds. The standard InChI is InChI=1S/C9H17NO3/c1-2-3-4-5-8(11)10-7-6-9(12)13/h2-7H2,1H3,(H,10,11)(H,12,13)/p-1. The molecule has 0 aromatic heterocycles. The molecule has 0 aliphatic heterocycles. The largest absolute Gasteiger partial charge is 0.550 e. The first kappa shape index (κ1) is 11.9. The van der Waals surface area contributed by atoms with Crippen molar-refractivity contribution < 1.29 is 14.7 Å². The molecule has 0 saturated carbocycles. The second kappa shape index (κ2) is 7.58. The van der Waals surface area contributed by atoms with E-state index in [9.17, 15) is 14.7 Å². The highest BCUT2D eigenvalue weighted by atomic mass is 16.4. The molecular formula is C9H16NO3-. The molecule has 0 spiro atoms. The highest BCUT2D eigenvalue weighted by Crippen LogP contribution is 1.97. The highest BCUT2D eigenvalue weighted by Gasteiger charge is 1.98. The summed E-state index contributed by atoms with van der Waals surface area (Å²) in [6.45, 7) is 2.24. The smallest absolute Gasteiger partial charge is 0.220 e. The maximum atomic E-state index is 11.0. The van der Waals surface area contributed by atoms with Crippen LogP contribution in [0, 0.1) is 0 Å². The van der Waals surface area contributed by atoms with E-state index in [2.05, 4.69) is 12.2 Å². The van der Waals surface area contributed by atoms with Gasteiger partial charge in [0, 0.05) is 25.4 Å². The maximum absolute atomic E-state index is 11.0. The summed E-state index contributed by atoms with van der Waals surface area (Å²) in [5.41, 5.74) is 0. The highest BCUT2D eigenvalue weighted by molar-refractivity contribution is 5.76. The van der Waals surface area contributed by atoms with Crippen LogP contribution in [0.5, 0.6) is 0 Å². The zero-order chi connectivity index (χ0) is 10.1. The molecule has 0 saturated heterocycles. The molecule has 4 nitrogen and oxygen atoms in total. The minimum Gasteiger partial charge on any atom is -0.550 e. The van der Waals surface area contributed by atoms with Crippen LogP contribution in [0.15, 0.2) is 0 Å². The van der Waals surface area contributed by atoms with E-state index in [4.69, 9.17) is 0 Å². The second-order valence-electron chi connectivity index (χ2n) is 2.93. The van der Waals surface area contributed by atoms with Crippen molar-refractivity contribution in [3.05, 3.63) is 0 Å². The molecule has 0 aliphatic rings. The number of carbonyl (C=O) groups is 2. The zero-order valence-electron chi connectivity index (χ0n) is 7.97. The van der Waals surface area contributed by atoms with Gasteiger partial charge in [-0.1, -0.05) is 19.8 Å². The number of hydrogen-bond donors (Lipinski definition) is 1. The number of hydrogen-bond acceptors (Lipinski definition) is 3. The number of amides is 1. The fourth-order valence-corrected chi connectivity index (χ4v) is 0.928. The van der Waals surface area contributed by atoms with E-state index >= 15 is 0 Å². The van der Waals surface area contributed by atoms with Gasteiger partial charge in [0.05, 0.1) is 0 Å². The minimum atomic E-state index is -1.13. The van der Waals surface area contributed by atoms with Gasteiger partial charge in [-0.2, -0.15) is 0 Å². The van der Waals surface area contributed by atoms with Crippen LogP contribution in [0.25, 0.3) is 0 Å². The average molecular weight is 186 g/mol. The van der Waals surface area contributed by atoms with Gasteiger partial charge < -0.3 is 15.2 Å². The molecule has 0 fully saturated rings. The molecule has 0 aromatic rings. The molecule has 0 heterocycles. The van der Waals surface area contributed by atoms with Crippen LogP contribution in [-0.4, -0.2) is 18.4 Å². The number of aliphatic carboxylic acids is 1. The van der Waals surface area contributed by atoms with Gasteiger partial charge in [-0.3, -0.25) is 4.79 Å². The second-order valence-corrected chi connectivity index (χ2v) is 2.93. The lowest BCUT2D eigenvalue weighted by atomic mass is 10.2. The molecule has 0 bridgehead atoms. The summed E-state index contributed by atoms with van der Waals surface area (Å²) in [6, 6.07) is 0. The van der Waals surface area contributed by atoms with E-state index in [1.54, 1.807) is 0 Å². The summed E-state index contributed by atoms with van der Waals surface area (Å²) in [7, 11) is 0. The summed E-state index contributed by atoms with van der Waals surface area (Å²) in [5.74, 6) is -1.21. The quantitative estimate of drug-likeness (QED) is 0.561. The van der Waals surface area contributed by atoms with Crippen LogP contribution in [0.2, 0.25) is 0 Å². The molecule has 0 aromatic carbocycles. The van der Waals surface area contributed by atoms with E-state index in [1.165, 1.54) is 0 Å². The number of carbonyl (C=O) groups excluding carboxylic acids is 2. The molecule has 0 atom stereocenters. The Hall–Kier alpha value is -1.06. The average Bonchev–Trinajstić information content (AvgIpc) is 2.04. The SMILES string of the molecule is CCCCCC(=O)NCCC(=O)[O-]. The first-order valence-electron chi connectivity index (χ1n) is 4.63. The lowest BCUT2D eigenvalue weighted by Crippen LogP contribution is -2.30. The Morgan fingerprint density at radius 1 is 1.23 bits per heavy atom. The van der Waals surface area contributed by atoms with E-state index in [0.29, 0.717) is 6.42 Å². The molecule has 0 unspecified atom stereocenters. The van der Waals surface area contributed by atoms with Crippen LogP contribution in [0.4, 0.5) is 0 Å². The van der Waals surface area contributed by atoms with Gasteiger partial charge in [0.2, 0.25) is 5.91 Å².